The summed E-state index contributed by atoms with van der Waals surface area (Å²) in [6.07, 6.45) is 3.56. The first-order valence-corrected chi connectivity index (χ1v) is 10.6. The first kappa shape index (κ1) is 18.7. The normalized spacial score (nSPS) is 16.7. The molecule has 154 valence electrons. The quantitative estimate of drug-likeness (QED) is 0.654. The molecule has 2 N–H and O–H groups in total. The number of benzene rings is 1. The predicted molar refractivity (Wildman–Crippen MR) is 111 cm³/mol. The van der Waals surface area contributed by atoms with Crippen molar-refractivity contribution in [1.82, 2.24) is 5.32 Å². The molecule has 2 amide bonds. The van der Waals surface area contributed by atoms with E-state index in [2.05, 4.69) is 10.6 Å². The summed E-state index contributed by atoms with van der Waals surface area (Å²) in [7, 11) is 0. The third-order valence-electron chi connectivity index (χ3n) is 5.19. The van der Waals surface area contributed by atoms with Crippen molar-refractivity contribution in [1.29, 1.82) is 0 Å². The summed E-state index contributed by atoms with van der Waals surface area (Å²) < 4.78 is 16.7. The molecule has 7 nitrogen and oxygen atoms in total. The van der Waals surface area contributed by atoms with E-state index >= 15 is 0 Å². The highest BCUT2D eigenvalue weighted by Gasteiger charge is 2.31. The van der Waals surface area contributed by atoms with E-state index in [0.29, 0.717) is 34.4 Å². The molecular formula is C22H20N2O5S. The number of para-hydroxylation sites is 2. The van der Waals surface area contributed by atoms with Crippen LogP contribution in [-0.4, -0.2) is 24.5 Å². The van der Waals surface area contributed by atoms with Crippen molar-refractivity contribution in [2.45, 2.75) is 31.9 Å². The lowest BCUT2D eigenvalue weighted by Gasteiger charge is -2.25. The molecule has 0 spiro atoms. The summed E-state index contributed by atoms with van der Waals surface area (Å²) in [5, 5.41) is 6.35. The van der Waals surface area contributed by atoms with Crippen LogP contribution in [0.2, 0.25) is 0 Å². The standard InChI is InChI=1S/C22H20N2O5S/c25-20(17-12-28-15-7-1-2-8-16(15)29-17)24-22-19(14-6-3-9-18(14)30-22)21(26)23-11-13-5-4-10-27-13/h1-2,4-5,7-8,10,17H,3,6,9,11-12H2,(H,23,26)(H,24,25)/t17-/m1/s1. The fraction of sp³-hybridized carbons (Fsp3) is 0.273. The van der Waals surface area contributed by atoms with Gasteiger partial charge in [0.15, 0.2) is 11.5 Å². The maximum absolute atomic E-state index is 12.9. The van der Waals surface area contributed by atoms with E-state index in [-0.39, 0.29) is 18.4 Å². The molecule has 3 aromatic rings. The molecule has 8 heteroatoms. The van der Waals surface area contributed by atoms with Gasteiger partial charge in [-0.2, -0.15) is 0 Å². The van der Waals surface area contributed by atoms with Crippen molar-refractivity contribution < 1.29 is 23.5 Å². The molecule has 0 fully saturated rings. The predicted octanol–water partition coefficient (Wildman–Crippen LogP) is 3.54. The number of carbonyl (C=O) groups excluding carboxylic acids is 2. The maximum atomic E-state index is 12.9. The van der Waals surface area contributed by atoms with Gasteiger partial charge in [0, 0.05) is 4.88 Å². The Morgan fingerprint density at radius 1 is 1.10 bits per heavy atom. The average molecular weight is 424 g/mol. The fourth-order valence-corrected chi connectivity index (χ4v) is 5.03. The minimum Gasteiger partial charge on any atom is -0.485 e. The van der Waals surface area contributed by atoms with Crippen molar-refractivity contribution in [2.24, 2.45) is 0 Å². The Labute approximate surface area is 177 Å². The van der Waals surface area contributed by atoms with Gasteiger partial charge in [-0.3, -0.25) is 9.59 Å². The minimum atomic E-state index is -0.782. The number of hydrogen-bond donors (Lipinski definition) is 2. The number of carbonyl (C=O) groups is 2. The number of furan rings is 1. The van der Waals surface area contributed by atoms with Gasteiger partial charge in [-0.05, 0) is 49.1 Å². The van der Waals surface area contributed by atoms with Gasteiger partial charge in [0.25, 0.3) is 11.8 Å². The number of thiophene rings is 1. The zero-order valence-electron chi connectivity index (χ0n) is 16.1. The van der Waals surface area contributed by atoms with Crippen LogP contribution in [0.4, 0.5) is 5.00 Å². The molecule has 1 atom stereocenters. The molecule has 5 rings (SSSR count). The Morgan fingerprint density at radius 3 is 2.80 bits per heavy atom. The molecule has 1 aliphatic carbocycles. The van der Waals surface area contributed by atoms with Crippen molar-refractivity contribution >= 4 is 28.2 Å². The highest BCUT2D eigenvalue weighted by atomic mass is 32.1. The van der Waals surface area contributed by atoms with Crippen LogP contribution in [-0.2, 0) is 24.2 Å². The largest absolute Gasteiger partial charge is 0.485 e. The number of ether oxygens (including phenoxy) is 2. The van der Waals surface area contributed by atoms with Gasteiger partial charge in [0.2, 0.25) is 6.10 Å². The lowest BCUT2D eigenvalue weighted by Crippen LogP contribution is -2.40. The number of nitrogens with one attached hydrogen (secondary N) is 2. The van der Waals surface area contributed by atoms with Gasteiger partial charge in [-0.25, -0.2) is 0 Å². The minimum absolute atomic E-state index is 0.119. The SMILES string of the molecule is O=C(NCc1ccco1)c1c(NC(=O)[C@H]2COc3ccccc3O2)sc2c1CCC2. The van der Waals surface area contributed by atoms with Crippen molar-refractivity contribution in [3.8, 4) is 11.5 Å². The van der Waals surface area contributed by atoms with Crippen LogP contribution in [0.25, 0.3) is 0 Å². The molecule has 0 bridgehead atoms. The molecule has 2 aliphatic rings. The highest BCUT2D eigenvalue weighted by molar-refractivity contribution is 7.17. The zero-order valence-corrected chi connectivity index (χ0v) is 16.9. The van der Waals surface area contributed by atoms with E-state index in [4.69, 9.17) is 13.9 Å². The van der Waals surface area contributed by atoms with E-state index in [9.17, 15) is 9.59 Å². The van der Waals surface area contributed by atoms with Crippen LogP contribution in [0.15, 0.2) is 47.1 Å². The van der Waals surface area contributed by atoms with E-state index in [1.807, 2.05) is 12.1 Å². The summed E-state index contributed by atoms with van der Waals surface area (Å²) in [6, 6.07) is 10.8. The monoisotopic (exact) mass is 424 g/mol. The van der Waals surface area contributed by atoms with E-state index in [1.165, 1.54) is 11.3 Å². The summed E-state index contributed by atoms with van der Waals surface area (Å²) in [6.45, 7) is 0.411. The van der Waals surface area contributed by atoms with Gasteiger partial charge >= 0.3 is 0 Å². The number of anilines is 1. The van der Waals surface area contributed by atoms with Gasteiger partial charge in [0.05, 0.1) is 18.4 Å². The lowest BCUT2D eigenvalue weighted by molar-refractivity contribution is -0.125. The topological polar surface area (TPSA) is 89.8 Å². The summed E-state index contributed by atoms with van der Waals surface area (Å²) in [5.41, 5.74) is 1.57. The Bertz CT molecular complexity index is 1090. The second kappa shape index (κ2) is 7.87. The van der Waals surface area contributed by atoms with E-state index < -0.39 is 6.10 Å². The Balaban J connectivity index is 1.33. The van der Waals surface area contributed by atoms with E-state index in [0.717, 1.165) is 29.7 Å². The van der Waals surface area contributed by atoms with Gasteiger partial charge in [0.1, 0.15) is 17.4 Å². The first-order valence-electron chi connectivity index (χ1n) is 9.83. The van der Waals surface area contributed by atoms with Crippen molar-refractivity contribution in [2.75, 3.05) is 11.9 Å². The smallest absolute Gasteiger partial charge is 0.269 e. The summed E-state index contributed by atoms with van der Waals surface area (Å²) in [4.78, 5) is 27.0. The van der Waals surface area contributed by atoms with Gasteiger partial charge in [-0.15, -0.1) is 11.3 Å². The Morgan fingerprint density at radius 2 is 1.97 bits per heavy atom. The Hall–Kier alpha value is -3.26. The zero-order chi connectivity index (χ0) is 20.5. The molecule has 0 unspecified atom stereocenters. The maximum Gasteiger partial charge on any atom is 0.269 e. The molecule has 1 aliphatic heterocycles. The molecule has 1 aromatic carbocycles. The molecule has 30 heavy (non-hydrogen) atoms. The number of amides is 2. The van der Waals surface area contributed by atoms with E-state index in [1.54, 1.807) is 30.5 Å². The van der Waals surface area contributed by atoms with Crippen LogP contribution in [0.1, 0.15) is 33.0 Å². The molecule has 3 heterocycles. The first-order chi connectivity index (χ1) is 14.7. The van der Waals surface area contributed by atoms with Crippen molar-refractivity contribution in [3.05, 3.63) is 64.4 Å². The summed E-state index contributed by atoms with van der Waals surface area (Å²) >= 11 is 1.47. The van der Waals surface area contributed by atoms with Crippen LogP contribution in [0.5, 0.6) is 11.5 Å². The number of aryl methyl sites for hydroxylation is 1. The molecule has 2 aromatic heterocycles. The van der Waals surface area contributed by atoms with Crippen LogP contribution in [0, 0.1) is 0 Å². The molecule has 0 saturated heterocycles. The number of hydrogen-bond acceptors (Lipinski definition) is 6. The number of rotatable bonds is 5. The van der Waals surface area contributed by atoms with Gasteiger partial charge < -0.3 is 24.5 Å². The summed E-state index contributed by atoms with van der Waals surface area (Å²) in [5.74, 6) is 1.28. The fourth-order valence-electron chi connectivity index (χ4n) is 3.74. The average Bonchev–Trinajstić information content (AvgIpc) is 3.49. The third-order valence-corrected chi connectivity index (χ3v) is 6.40. The van der Waals surface area contributed by atoms with Crippen LogP contribution in [0.3, 0.4) is 0 Å². The second-order valence-electron chi connectivity index (χ2n) is 7.18. The molecular weight excluding hydrogens is 404 g/mol. The molecule has 0 saturated carbocycles. The number of fused-ring (bicyclic) bond motifs is 2. The highest BCUT2D eigenvalue weighted by Crippen LogP contribution is 2.39. The van der Waals surface area contributed by atoms with Gasteiger partial charge in [-0.1, -0.05) is 12.1 Å². The third kappa shape index (κ3) is 3.54. The lowest BCUT2D eigenvalue weighted by atomic mass is 10.1. The van der Waals surface area contributed by atoms with Crippen LogP contribution >= 0.6 is 11.3 Å². The molecule has 0 radical (unpaired) electrons. The van der Waals surface area contributed by atoms with Crippen molar-refractivity contribution in [3.63, 3.8) is 0 Å². The Kier molecular flexibility index (Phi) is 4.92. The van der Waals surface area contributed by atoms with Crippen LogP contribution < -0.4 is 20.1 Å². The second-order valence-corrected chi connectivity index (χ2v) is 8.28.